The monoisotopic (exact) mass is 309 g/mol. The van der Waals surface area contributed by atoms with Crippen LogP contribution in [0.1, 0.15) is 6.42 Å². The quantitative estimate of drug-likeness (QED) is 0.627. The van der Waals surface area contributed by atoms with Crippen LogP contribution in [0.3, 0.4) is 0 Å². The maximum absolute atomic E-state index is 12.8. The second-order valence-electron chi connectivity index (χ2n) is 5.55. The Morgan fingerprint density at radius 3 is 2.52 bits per heavy atom. The van der Waals surface area contributed by atoms with E-state index in [0.717, 1.165) is 18.7 Å². The lowest BCUT2D eigenvalue weighted by atomic mass is 10.1. The fourth-order valence-electron chi connectivity index (χ4n) is 2.62. The van der Waals surface area contributed by atoms with Crippen LogP contribution in [-0.4, -0.2) is 25.7 Å². The molecule has 0 saturated heterocycles. The summed E-state index contributed by atoms with van der Waals surface area (Å²) in [6.07, 6.45) is 6.79. The fourth-order valence-corrected chi connectivity index (χ4v) is 2.62. The molecule has 1 amide bonds. The molecule has 118 valence electrons. The first-order valence-electron chi connectivity index (χ1n) is 7.88. The van der Waals surface area contributed by atoms with Crippen LogP contribution in [0.5, 0.6) is 0 Å². The summed E-state index contributed by atoms with van der Waals surface area (Å²) in [5.74, 6) is 0.0831. The minimum absolute atomic E-state index is 0.0831. The maximum Gasteiger partial charge on any atom is 0.293 e. The highest BCUT2D eigenvalue weighted by Gasteiger charge is 2.21. The topological polar surface area (TPSA) is 33.4 Å². The van der Waals surface area contributed by atoms with Crippen molar-refractivity contribution in [1.82, 2.24) is 0 Å². The molecule has 4 heteroatoms. The molecule has 1 aliphatic heterocycles. The van der Waals surface area contributed by atoms with Gasteiger partial charge in [-0.2, -0.15) is 4.57 Å². The molecule has 23 heavy (non-hydrogen) atoms. The first-order chi connectivity index (χ1) is 11.3. The van der Waals surface area contributed by atoms with E-state index in [1.54, 1.807) is 0 Å². The van der Waals surface area contributed by atoms with Gasteiger partial charge in [-0.3, -0.25) is 4.79 Å². The molecule has 0 N–H and O–H groups in total. The molecule has 0 spiro atoms. The number of carbonyl (C=O) groups excluding carboxylic acids is 1. The summed E-state index contributed by atoms with van der Waals surface area (Å²) in [6.45, 7) is 2.33. The molecular weight excluding hydrogens is 288 g/mol. The van der Waals surface area contributed by atoms with E-state index in [-0.39, 0.29) is 5.91 Å². The number of aromatic nitrogens is 1. The van der Waals surface area contributed by atoms with E-state index >= 15 is 0 Å². The summed E-state index contributed by atoms with van der Waals surface area (Å²) in [6, 6.07) is 15.7. The van der Waals surface area contributed by atoms with Crippen molar-refractivity contribution in [1.29, 1.82) is 0 Å². The van der Waals surface area contributed by atoms with Gasteiger partial charge in [0.1, 0.15) is 0 Å². The summed E-state index contributed by atoms with van der Waals surface area (Å²) in [7, 11) is 0. The zero-order chi connectivity index (χ0) is 15.9. The summed E-state index contributed by atoms with van der Waals surface area (Å²) in [4.78, 5) is 14.7. The minimum atomic E-state index is 0.0831. The van der Waals surface area contributed by atoms with E-state index in [9.17, 15) is 4.79 Å². The number of nitrogens with zero attached hydrogens (tertiary/aromatic N) is 2. The van der Waals surface area contributed by atoms with Gasteiger partial charge >= 0.3 is 0 Å². The van der Waals surface area contributed by atoms with Crippen LogP contribution in [0.4, 0.5) is 5.69 Å². The minimum Gasteiger partial charge on any atom is -0.377 e. The Labute approximate surface area is 136 Å². The van der Waals surface area contributed by atoms with E-state index in [4.69, 9.17) is 4.74 Å². The highest BCUT2D eigenvalue weighted by Crippen LogP contribution is 2.18. The first-order valence-corrected chi connectivity index (χ1v) is 7.88. The number of rotatable bonds is 5. The summed E-state index contributed by atoms with van der Waals surface area (Å²) < 4.78 is 7.26. The number of ether oxygens (including phenoxy) is 1. The lowest BCUT2D eigenvalue weighted by molar-refractivity contribution is -0.684. The van der Waals surface area contributed by atoms with Crippen molar-refractivity contribution in [3.8, 4) is 0 Å². The van der Waals surface area contributed by atoms with Crippen LogP contribution in [0.25, 0.3) is 0 Å². The van der Waals surface area contributed by atoms with Gasteiger partial charge in [0, 0.05) is 24.4 Å². The highest BCUT2D eigenvalue weighted by atomic mass is 16.5. The Morgan fingerprint density at radius 1 is 1.09 bits per heavy atom. The number of anilines is 1. The van der Waals surface area contributed by atoms with Gasteiger partial charge in [0.2, 0.25) is 6.54 Å². The number of carbonyl (C=O) groups is 1. The van der Waals surface area contributed by atoms with E-state index in [0.29, 0.717) is 19.7 Å². The second-order valence-corrected chi connectivity index (χ2v) is 5.55. The molecule has 1 aromatic heterocycles. The van der Waals surface area contributed by atoms with Crippen molar-refractivity contribution < 1.29 is 14.1 Å². The van der Waals surface area contributed by atoms with E-state index in [2.05, 4.69) is 6.08 Å². The van der Waals surface area contributed by atoms with Gasteiger partial charge in [-0.1, -0.05) is 30.3 Å². The first kappa shape index (κ1) is 15.4. The molecule has 0 atom stereocenters. The van der Waals surface area contributed by atoms with Crippen LogP contribution >= 0.6 is 0 Å². The van der Waals surface area contributed by atoms with Gasteiger partial charge in [0.25, 0.3) is 5.91 Å². The number of benzene rings is 1. The molecular formula is C19H21N2O2+. The molecule has 0 radical (unpaired) electrons. The lowest BCUT2D eigenvalue weighted by Crippen LogP contribution is -2.45. The zero-order valence-electron chi connectivity index (χ0n) is 13.1. The lowest BCUT2D eigenvalue weighted by Gasteiger charge is -2.24. The largest absolute Gasteiger partial charge is 0.377 e. The van der Waals surface area contributed by atoms with Gasteiger partial charge in [-0.25, -0.2) is 0 Å². The molecule has 0 unspecified atom stereocenters. The Bertz CT molecular complexity index is 668. The molecule has 0 fully saturated rings. The summed E-state index contributed by atoms with van der Waals surface area (Å²) in [5, 5.41) is 0. The van der Waals surface area contributed by atoms with Gasteiger partial charge < -0.3 is 9.64 Å². The summed E-state index contributed by atoms with van der Waals surface area (Å²) >= 11 is 0. The SMILES string of the molecule is O=C(C[n+]1ccccc1)N(CC1=CCOCC1)c1ccccc1. The molecule has 1 aromatic carbocycles. The average molecular weight is 309 g/mol. The Morgan fingerprint density at radius 2 is 1.83 bits per heavy atom. The standard InChI is InChI=1S/C19H21N2O2/c22-19(16-20-11-5-2-6-12-20)21(18-7-3-1-4-8-18)15-17-9-13-23-14-10-17/h1-9,11-12H,10,13-16H2/q+1. The number of hydrogen-bond donors (Lipinski definition) is 0. The van der Waals surface area contributed by atoms with Crippen molar-refractivity contribution in [2.45, 2.75) is 13.0 Å². The van der Waals surface area contributed by atoms with Crippen LogP contribution in [0.15, 0.2) is 72.6 Å². The molecule has 3 rings (SSSR count). The van der Waals surface area contributed by atoms with Gasteiger partial charge in [0.05, 0.1) is 13.2 Å². The van der Waals surface area contributed by atoms with Gasteiger partial charge in [-0.05, 0) is 24.1 Å². The summed E-state index contributed by atoms with van der Waals surface area (Å²) in [5.41, 5.74) is 2.19. The van der Waals surface area contributed by atoms with Gasteiger partial charge in [-0.15, -0.1) is 0 Å². The Kier molecular flexibility index (Phi) is 5.17. The smallest absolute Gasteiger partial charge is 0.293 e. The van der Waals surface area contributed by atoms with Crippen LogP contribution in [-0.2, 0) is 16.1 Å². The molecule has 0 aliphatic carbocycles. The normalized spacial score (nSPS) is 14.2. The molecule has 4 nitrogen and oxygen atoms in total. The van der Waals surface area contributed by atoms with E-state index in [1.807, 2.05) is 70.4 Å². The molecule has 2 aromatic rings. The molecule has 2 heterocycles. The maximum atomic E-state index is 12.8. The van der Waals surface area contributed by atoms with Crippen molar-refractivity contribution in [2.75, 3.05) is 24.7 Å². The van der Waals surface area contributed by atoms with Crippen LogP contribution in [0.2, 0.25) is 0 Å². The van der Waals surface area contributed by atoms with Crippen LogP contribution in [0, 0.1) is 0 Å². The third-order valence-electron chi connectivity index (χ3n) is 3.88. The van der Waals surface area contributed by atoms with Crippen molar-refractivity contribution in [2.24, 2.45) is 0 Å². The molecule has 1 aliphatic rings. The van der Waals surface area contributed by atoms with Gasteiger partial charge in [0.15, 0.2) is 12.4 Å². The predicted octanol–water partition coefficient (Wildman–Crippen LogP) is 2.35. The number of amides is 1. The number of pyridine rings is 1. The third-order valence-corrected chi connectivity index (χ3v) is 3.88. The van der Waals surface area contributed by atoms with Crippen molar-refractivity contribution in [3.05, 3.63) is 72.6 Å². The fraction of sp³-hybridized carbons (Fsp3) is 0.263. The number of hydrogen-bond acceptors (Lipinski definition) is 2. The van der Waals surface area contributed by atoms with E-state index < -0.39 is 0 Å². The second kappa shape index (κ2) is 7.70. The third kappa shape index (κ3) is 4.27. The van der Waals surface area contributed by atoms with Crippen molar-refractivity contribution >= 4 is 11.6 Å². The van der Waals surface area contributed by atoms with E-state index in [1.165, 1.54) is 5.57 Å². The predicted molar refractivity (Wildman–Crippen MR) is 89.0 cm³/mol. The highest BCUT2D eigenvalue weighted by molar-refractivity contribution is 5.92. The zero-order valence-corrected chi connectivity index (χ0v) is 13.1. The number of para-hydroxylation sites is 1. The molecule has 0 bridgehead atoms. The Balaban J connectivity index is 1.79. The van der Waals surface area contributed by atoms with Crippen molar-refractivity contribution in [3.63, 3.8) is 0 Å². The average Bonchev–Trinajstić information content (AvgIpc) is 2.62. The Hall–Kier alpha value is -2.46. The van der Waals surface area contributed by atoms with Crippen LogP contribution < -0.4 is 9.47 Å². The molecule has 0 saturated carbocycles.